The van der Waals surface area contributed by atoms with Crippen LogP contribution in [-0.4, -0.2) is 0 Å². The second-order valence-electron chi connectivity index (χ2n) is 0.333. The van der Waals surface area contributed by atoms with Crippen molar-refractivity contribution < 1.29 is 15.6 Å². The Bertz CT molecular complexity index is 14.4. The zero-order valence-electron chi connectivity index (χ0n) is 2.85. The molecule has 0 nitrogen and oxygen atoms in total. The molecule has 0 saturated carbocycles. The molecule has 0 aromatic rings. The predicted molar refractivity (Wildman–Crippen MR) is 28.6 cm³/mol. The van der Waals surface area contributed by atoms with Gasteiger partial charge in [0.2, 0.25) is 0 Å². The molecule has 0 saturated heterocycles. The van der Waals surface area contributed by atoms with Crippen molar-refractivity contribution in [3.63, 3.8) is 0 Å². The van der Waals surface area contributed by atoms with E-state index in [1.807, 2.05) is 19.5 Å². The molecule has 34 valence electrons. The van der Waals surface area contributed by atoms with Crippen molar-refractivity contribution in [1.82, 2.24) is 0 Å². The Morgan fingerprint density at radius 3 is 1.80 bits per heavy atom. The van der Waals surface area contributed by atoms with Crippen LogP contribution in [0.3, 0.4) is 0 Å². The van der Waals surface area contributed by atoms with Gasteiger partial charge in [-0.25, -0.2) is 0 Å². The van der Waals surface area contributed by atoms with Crippen molar-refractivity contribution in [2.24, 2.45) is 0 Å². The summed E-state index contributed by atoms with van der Waals surface area (Å²) < 4.78 is 0. The number of hydrogen-bond acceptors (Lipinski definition) is 0. The first-order valence-corrected chi connectivity index (χ1v) is 5.65. The Morgan fingerprint density at radius 1 is 1.80 bits per heavy atom. The molecule has 0 aromatic heterocycles. The van der Waals surface area contributed by atoms with Gasteiger partial charge in [-0.15, -0.1) is 0 Å². The van der Waals surface area contributed by atoms with Gasteiger partial charge in [-0.1, -0.05) is 6.92 Å². The maximum absolute atomic E-state index is 4.72. The number of rotatable bonds is 0. The third-order valence-corrected chi connectivity index (χ3v) is 0. The molecule has 0 N–H and O–H groups in total. The Labute approximate surface area is 54.4 Å². The van der Waals surface area contributed by atoms with Gasteiger partial charge in [0.05, 0.1) is 0 Å². The summed E-state index contributed by atoms with van der Waals surface area (Å²) >= 11 is 4.72. The normalized spacial score (nSPS) is 4.00. The molecule has 5 heavy (non-hydrogen) atoms. The van der Waals surface area contributed by atoms with E-state index in [1.54, 1.807) is 6.92 Å². The van der Waals surface area contributed by atoms with Crippen LogP contribution in [0.4, 0.5) is 0 Å². The zero-order chi connectivity index (χ0) is 4.71. The standard InChI is InChI=1S/C3H5.HI.Pd/c1-3-2;;/h1,3H,2H3;1H;/q-1;;+2/p-1. The Morgan fingerprint density at radius 2 is 1.80 bits per heavy atom. The SMILES string of the molecule is [CH-]=CC.[Pd+][I]. The van der Waals surface area contributed by atoms with Gasteiger partial charge < -0.3 is 6.58 Å². The minimum atomic E-state index is 1.50. The number of hydrogen-bond donors (Lipinski definition) is 0. The van der Waals surface area contributed by atoms with Crippen molar-refractivity contribution in [2.45, 2.75) is 6.92 Å². The van der Waals surface area contributed by atoms with Gasteiger partial charge in [-0.05, 0) is 0 Å². The van der Waals surface area contributed by atoms with Crippen molar-refractivity contribution in [2.75, 3.05) is 0 Å². The van der Waals surface area contributed by atoms with E-state index in [0.29, 0.717) is 0 Å². The molecule has 0 aliphatic heterocycles. The third-order valence-electron chi connectivity index (χ3n) is 0. The maximum atomic E-state index is 4.72. The third kappa shape index (κ3) is 39.3. The van der Waals surface area contributed by atoms with E-state index in [9.17, 15) is 0 Å². The first kappa shape index (κ1) is 9.46. The molecule has 0 unspecified atom stereocenters. The topological polar surface area (TPSA) is 0 Å². The molecule has 0 bridgehead atoms. The molecule has 0 heterocycles. The van der Waals surface area contributed by atoms with Gasteiger partial charge in [-0.2, -0.15) is 0 Å². The zero-order valence-corrected chi connectivity index (χ0v) is 6.56. The molecular weight excluding hydrogens is 269 g/mol. The van der Waals surface area contributed by atoms with Gasteiger partial charge in [0.1, 0.15) is 0 Å². The van der Waals surface area contributed by atoms with Crippen LogP contribution in [0.1, 0.15) is 6.92 Å². The summed E-state index contributed by atoms with van der Waals surface area (Å²) in [5, 5.41) is 0. The van der Waals surface area contributed by atoms with Crippen molar-refractivity contribution in [3.05, 3.63) is 12.7 Å². The van der Waals surface area contributed by atoms with Crippen LogP contribution in [0.25, 0.3) is 0 Å². The number of halogens is 1. The van der Waals surface area contributed by atoms with Gasteiger partial charge in [0, 0.05) is 0 Å². The molecule has 0 radical (unpaired) electrons. The fourth-order valence-electron chi connectivity index (χ4n) is 0. The monoisotopic (exact) mass is 274 g/mol. The van der Waals surface area contributed by atoms with E-state index in [0.717, 1.165) is 0 Å². The van der Waals surface area contributed by atoms with Gasteiger partial charge in [0.15, 0.2) is 0 Å². The van der Waals surface area contributed by atoms with E-state index in [1.165, 1.54) is 6.08 Å². The molecule has 0 fully saturated rings. The summed E-state index contributed by atoms with van der Waals surface area (Å²) in [4.78, 5) is 0. The predicted octanol–water partition coefficient (Wildman–Crippen LogP) is 1.88. The van der Waals surface area contributed by atoms with Crippen molar-refractivity contribution >= 4 is 19.5 Å². The Hall–Kier alpha value is 1.13. The van der Waals surface area contributed by atoms with Gasteiger partial charge >= 0.3 is 35.1 Å². The van der Waals surface area contributed by atoms with Crippen LogP contribution in [0.2, 0.25) is 0 Å². The van der Waals surface area contributed by atoms with Crippen LogP contribution in [0, 0.1) is 6.58 Å². The van der Waals surface area contributed by atoms with Crippen LogP contribution in [0.15, 0.2) is 6.08 Å². The van der Waals surface area contributed by atoms with Gasteiger partial charge in [-0.3, -0.25) is 6.08 Å². The van der Waals surface area contributed by atoms with E-state index in [-0.39, 0.29) is 0 Å². The Kier molecular flexibility index (Phi) is 36.5. The molecule has 0 spiro atoms. The molecule has 0 aromatic carbocycles. The summed E-state index contributed by atoms with van der Waals surface area (Å²) in [5.41, 5.74) is 0. The molecule has 2 heteroatoms. The summed E-state index contributed by atoms with van der Waals surface area (Å²) in [6.07, 6.45) is 1.50. The quantitative estimate of drug-likeness (QED) is 0.359. The van der Waals surface area contributed by atoms with Crippen molar-refractivity contribution in [3.8, 4) is 0 Å². The minimum absolute atomic E-state index is 1.50. The summed E-state index contributed by atoms with van der Waals surface area (Å²) in [5.74, 6) is 0. The average Bonchev–Trinajstić information content (AvgIpc) is 1.46. The molecule has 0 atom stereocenters. The number of allylic oxidation sites excluding steroid dienone is 1. The van der Waals surface area contributed by atoms with Crippen LogP contribution in [0.5, 0.6) is 0 Å². The molecule has 0 aliphatic rings. The van der Waals surface area contributed by atoms with Crippen LogP contribution < -0.4 is 0 Å². The van der Waals surface area contributed by atoms with E-state index in [2.05, 4.69) is 15.6 Å². The average molecular weight is 274 g/mol. The Balaban J connectivity index is 0. The first-order chi connectivity index (χ1) is 2.41. The second-order valence-corrected chi connectivity index (χ2v) is 0.333. The summed E-state index contributed by atoms with van der Waals surface area (Å²) in [6.45, 7) is 6.50. The van der Waals surface area contributed by atoms with Crippen LogP contribution >= 0.6 is 19.5 Å². The van der Waals surface area contributed by atoms with E-state index in [4.69, 9.17) is 6.58 Å². The van der Waals surface area contributed by atoms with E-state index < -0.39 is 0 Å². The fourth-order valence-corrected chi connectivity index (χ4v) is 0. The summed E-state index contributed by atoms with van der Waals surface area (Å²) in [7, 11) is 0. The molecule has 0 rings (SSSR count). The molecule has 0 amide bonds. The molecule has 0 aliphatic carbocycles. The second kappa shape index (κ2) is 19.3. The van der Waals surface area contributed by atoms with Crippen LogP contribution in [-0.2, 0) is 15.6 Å². The van der Waals surface area contributed by atoms with Gasteiger partial charge in [0.25, 0.3) is 0 Å². The van der Waals surface area contributed by atoms with E-state index >= 15 is 0 Å². The summed E-state index contributed by atoms with van der Waals surface area (Å²) in [6, 6.07) is 0. The van der Waals surface area contributed by atoms with Crippen molar-refractivity contribution in [1.29, 1.82) is 0 Å². The first-order valence-electron chi connectivity index (χ1n) is 1.03. The fraction of sp³-hybridized carbons (Fsp3) is 0.333. The molecular formula is C3H5IPd.